The van der Waals surface area contributed by atoms with Crippen LogP contribution in [0, 0.1) is 0 Å². The van der Waals surface area contributed by atoms with Gasteiger partial charge in [-0.2, -0.15) is 0 Å². The van der Waals surface area contributed by atoms with Crippen LogP contribution in [0.15, 0.2) is 78.0 Å². The highest BCUT2D eigenvalue weighted by atomic mass is 32.2. The maximum atomic E-state index is 12.6. The maximum absolute atomic E-state index is 12.6. The molecule has 0 unspecified atom stereocenters. The number of hydrogen-bond donors (Lipinski definition) is 2. The number of pyridine rings is 1. The number of nitrogens with one attached hydrogen (secondary N) is 2. The van der Waals surface area contributed by atoms with E-state index < -0.39 is 10.0 Å². The summed E-state index contributed by atoms with van der Waals surface area (Å²) in [6.45, 7) is 1.87. The van der Waals surface area contributed by atoms with Crippen LogP contribution in [-0.2, 0) is 10.0 Å². The van der Waals surface area contributed by atoms with Crippen LogP contribution in [-0.4, -0.2) is 33.0 Å². The summed E-state index contributed by atoms with van der Waals surface area (Å²) in [6, 6.07) is 17.0. The number of nitrogens with zero attached hydrogens (tertiary/aromatic N) is 1. The lowest BCUT2D eigenvalue weighted by molar-refractivity contribution is 0.577. The fourth-order valence-electron chi connectivity index (χ4n) is 2.77. The Kier molecular flexibility index (Phi) is 6.70. The van der Waals surface area contributed by atoms with Gasteiger partial charge in [0, 0.05) is 36.3 Å². The molecule has 5 nitrogen and oxygen atoms in total. The van der Waals surface area contributed by atoms with Crippen molar-refractivity contribution >= 4 is 26.9 Å². The number of hydrogen-bond acceptors (Lipinski definition) is 4. The van der Waals surface area contributed by atoms with E-state index >= 15 is 0 Å². The molecule has 140 valence electrons. The van der Waals surface area contributed by atoms with Crippen molar-refractivity contribution in [1.82, 2.24) is 15.0 Å². The van der Waals surface area contributed by atoms with Gasteiger partial charge in [-0.25, -0.2) is 13.1 Å². The van der Waals surface area contributed by atoms with Crippen molar-refractivity contribution in [2.24, 2.45) is 0 Å². The Bertz CT molecular complexity index is 997. The Balaban J connectivity index is 1.44. The first-order valence-electron chi connectivity index (χ1n) is 8.91. The van der Waals surface area contributed by atoms with Gasteiger partial charge < -0.3 is 5.32 Å². The smallest absolute Gasteiger partial charge is 0.241 e. The second kappa shape index (κ2) is 9.41. The molecule has 0 aliphatic rings. The largest absolute Gasteiger partial charge is 0.313 e. The van der Waals surface area contributed by atoms with Crippen LogP contribution in [0.25, 0.3) is 16.8 Å². The third-order valence-electron chi connectivity index (χ3n) is 4.12. The second-order valence-electron chi connectivity index (χ2n) is 6.12. The van der Waals surface area contributed by atoms with Crippen molar-refractivity contribution in [2.45, 2.75) is 11.3 Å². The van der Waals surface area contributed by atoms with Gasteiger partial charge in [-0.3, -0.25) is 4.98 Å². The lowest BCUT2D eigenvalue weighted by Gasteiger charge is -2.09. The summed E-state index contributed by atoms with van der Waals surface area (Å²) >= 11 is 0. The molecule has 3 aromatic rings. The average molecular weight is 382 g/mol. The lowest BCUT2D eigenvalue weighted by Crippen LogP contribution is -2.27. The highest BCUT2D eigenvalue weighted by Gasteiger charge is 2.16. The molecule has 6 heteroatoms. The fraction of sp³-hybridized carbons (Fsp3) is 0.190. The molecule has 1 aromatic heterocycles. The minimum Gasteiger partial charge on any atom is -0.313 e. The van der Waals surface area contributed by atoms with Gasteiger partial charge in [0.15, 0.2) is 0 Å². The minimum atomic E-state index is -3.54. The maximum Gasteiger partial charge on any atom is 0.241 e. The van der Waals surface area contributed by atoms with Crippen LogP contribution in [0.5, 0.6) is 0 Å². The van der Waals surface area contributed by atoms with E-state index in [9.17, 15) is 8.42 Å². The first kappa shape index (κ1) is 19.2. The Hall–Kier alpha value is -2.54. The summed E-state index contributed by atoms with van der Waals surface area (Å²) in [4.78, 5) is 4.33. The fourth-order valence-corrected chi connectivity index (χ4v) is 4.07. The van der Waals surface area contributed by atoms with E-state index in [0.29, 0.717) is 23.2 Å². The first-order valence-corrected chi connectivity index (χ1v) is 10.4. The van der Waals surface area contributed by atoms with Gasteiger partial charge in [-0.05, 0) is 30.7 Å². The number of rotatable bonds is 9. The Morgan fingerprint density at radius 1 is 0.963 bits per heavy atom. The number of benzene rings is 2. The quantitative estimate of drug-likeness (QED) is 0.559. The zero-order chi connectivity index (χ0) is 19.0. The van der Waals surface area contributed by atoms with E-state index in [2.05, 4.69) is 39.3 Å². The molecular formula is C21H23N3O2S. The molecule has 0 radical (unpaired) electrons. The van der Waals surface area contributed by atoms with Gasteiger partial charge in [-0.15, -0.1) is 0 Å². The molecule has 3 rings (SSSR count). The molecule has 1 heterocycles. The van der Waals surface area contributed by atoms with Gasteiger partial charge in [0.1, 0.15) is 0 Å². The predicted molar refractivity (Wildman–Crippen MR) is 110 cm³/mol. The lowest BCUT2D eigenvalue weighted by atomic mass is 10.2. The standard InChI is InChI=1S/C21H23N3O2S/c25-27(26,21-11-4-10-19-17-23-16-12-20(19)21)24-15-6-14-22-13-5-9-18-7-2-1-3-8-18/h1-5,7-12,16-17,22,24H,6,13-15H2. The van der Waals surface area contributed by atoms with E-state index in [0.717, 1.165) is 24.0 Å². The van der Waals surface area contributed by atoms with E-state index in [1.165, 1.54) is 0 Å². The van der Waals surface area contributed by atoms with Gasteiger partial charge in [0.25, 0.3) is 0 Å². The first-order chi connectivity index (χ1) is 13.2. The van der Waals surface area contributed by atoms with Crippen LogP contribution >= 0.6 is 0 Å². The molecule has 0 saturated carbocycles. The molecule has 0 spiro atoms. The van der Waals surface area contributed by atoms with Crippen molar-refractivity contribution in [3.8, 4) is 0 Å². The average Bonchev–Trinajstić information content (AvgIpc) is 2.70. The number of fused-ring (bicyclic) bond motifs is 1. The van der Waals surface area contributed by atoms with Crippen LogP contribution in [0.1, 0.15) is 12.0 Å². The Morgan fingerprint density at radius 3 is 2.67 bits per heavy atom. The summed E-state index contributed by atoms with van der Waals surface area (Å²) in [5, 5.41) is 4.78. The van der Waals surface area contributed by atoms with E-state index in [1.54, 1.807) is 30.6 Å². The topological polar surface area (TPSA) is 71.1 Å². The van der Waals surface area contributed by atoms with Gasteiger partial charge in [0.2, 0.25) is 10.0 Å². The molecule has 0 fully saturated rings. The van der Waals surface area contributed by atoms with Gasteiger partial charge in [-0.1, -0.05) is 54.6 Å². The molecule has 0 bridgehead atoms. The molecule has 0 atom stereocenters. The van der Waals surface area contributed by atoms with Crippen molar-refractivity contribution in [3.05, 3.63) is 78.6 Å². The third-order valence-corrected chi connectivity index (χ3v) is 5.64. The van der Waals surface area contributed by atoms with E-state index in [-0.39, 0.29) is 0 Å². The van der Waals surface area contributed by atoms with Crippen molar-refractivity contribution in [3.63, 3.8) is 0 Å². The summed E-state index contributed by atoms with van der Waals surface area (Å²) in [5.41, 5.74) is 1.16. The summed E-state index contributed by atoms with van der Waals surface area (Å²) in [5.74, 6) is 0. The SMILES string of the molecule is O=S(=O)(NCCCNCC=Cc1ccccc1)c1cccc2cnccc12. The third kappa shape index (κ3) is 5.47. The number of aromatic nitrogens is 1. The van der Waals surface area contributed by atoms with Crippen LogP contribution < -0.4 is 10.0 Å². The zero-order valence-electron chi connectivity index (χ0n) is 15.0. The van der Waals surface area contributed by atoms with Crippen LogP contribution in [0.3, 0.4) is 0 Å². The molecule has 0 aliphatic carbocycles. The van der Waals surface area contributed by atoms with Crippen LogP contribution in [0.2, 0.25) is 0 Å². The van der Waals surface area contributed by atoms with Crippen molar-refractivity contribution in [2.75, 3.05) is 19.6 Å². The van der Waals surface area contributed by atoms with Gasteiger partial charge >= 0.3 is 0 Å². The molecule has 0 amide bonds. The van der Waals surface area contributed by atoms with Gasteiger partial charge in [0.05, 0.1) is 4.90 Å². The Morgan fingerprint density at radius 2 is 1.81 bits per heavy atom. The molecular weight excluding hydrogens is 358 g/mol. The Labute approximate surface area is 160 Å². The summed E-state index contributed by atoms with van der Waals surface area (Å²) in [7, 11) is -3.54. The minimum absolute atomic E-state index is 0.293. The van der Waals surface area contributed by atoms with Crippen molar-refractivity contribution < 1.29 is 8.42 Å². The molecule has 2 N–H and O–H groups in total. The summed E-state index contributed by atoms with van der Waals surface area (Å²) < 4.78 is 27.8. The van der Waals surface area contributed by atoms with Crippen LogP contribution in [0.4, 0.5) is 0 Å². The molecule has 0 aliphatic heterocycles. The predicted octanol–water partition coefficient (Wildman–Crippen LogP) is 3.21. The highest BCUT2D eigenvalue weighted by molar-refractivity contribution is 7.89. The summed E-state index contributed by atoms with van der Waals surface area (Å²) in [6.07, 6.45) is 8.11. The van der Waals surface area contributed by atoms with E-state index in [1.807, 2.05) is 24.3 Å². The molecule has 27 heavy (non-hydrogen) atoms. The second-order valence-corrected chi connectivity index (χ2v) is 7.86. The molecule has 2 aromatic carbocycles. The van der Waals surface area contributed by atoms with Crippen molar-refractivity contribution in [1.29, 1.82) is 0 Å². The van der Waals surface area contributed by atoms with E-state index in [4.69, 9.17) is 0 Å². The highest BCUT2D eigenvalue weighted by Crippen LogP contribution is 2.21. The normalized spacial score (nSPS) is 12.0. The number of sulfonamides is 1. The zero-order valence-corrected chi connectivity index (χ0v) is 15.8. The molecule has 0 saturated heterocycles. The monoisotopic (exact) mass is 381 g/mol.